The lowest BCUT2D eigenvalue weighted by molar-refractivity contribution is -0.0873. The van der Waals surface area contributed by atoms with Gasteiger partial charge in [0.15, 0.2) is 0 Å². The maximum Gasteiger partial charge on any atom is 0.0935 e. The monoisotopic (exact) mass is 226 g/mol. The molecule has 0 radical (unpaired) electrons. The third-order valence-electron chi connectivity index (χ3n) is 2.57. The van der Waals surface area contributed by atoms with Crippen LogP contribution in [0.5, 0.6) is 0 Å². The van der Waals surface area contributed by atoms with Crippen LogP contribution < -0.4 is 0 Å². The summed E-state index contributed by atoms with van der Waals surface area (Å²) in [6.45, 7) is 8.79. The Kier molecular flexibility index (Phi) is 4.56. The van der Waals surface area contributed by atoms with Crippen LogP contribution in [0.1, 0.15) is 33.3 Å². The minimum Gasteiger partial charge on any atom is -0.472 e. The molecule has 2 atom stereocenters. The molecule has 92 valence electrons. The van der Waals surface area contributed by atoms with Gasteiger partial charge in [-0.05, 0) is 24.0 Å². The van der Waals surface area contributed by atoms with Crippen LogP contribution in [0.2, 0.25) is 0 Å². The lowest BCUT2D eigenvalue weighted by atomic mass is 9.84. The highest BCUT2D eigenvalue weighted by Crippen LogP contribution is 2.26. The number of aliphatic hydroxyl groups is 1. The molecule has 1 aromatic rings. The number of ether oxygens (including phenoxy) is 1. The van der Waals surface area contributed by atoms with E-state index >= 15 is 0 Å². The van der Waals surface area contributed by atoms with Crippen molar-refractivity contribution in [2.45, 2.75) is 46.3 Å². The third kappa shape index (κ3) is 3.65. The molecule has 1 heterocycles. The van der Waals surface area contributed by atoms with Gasteiger partial charge in [0.2, 0.25) is 0 Å². The van der Waals surface area contributed by atoms with Crippen molar-refractivity contribution in [1.29, 1.82) is 0 Å². The minimum atomic E-state index is -0.502. The van der Waals surface area contributed by atoms with Crippen molar-refractivity contribution in [3.63, 3.8) is 0 Å². The van der Waals surface area contributed by atoms with E-state index in [-0.39, 0.29) is 11.5 Å². The SMILES string of the molecule is CCOC(C(O)Cc1ccoc1)C(C)(C)C. The predicted molar refractivity (Wildman–Crippen MR) is 63.3 cm³/mol. The molecule has 1 rings (SSSR count). The summed E-state index contributed by atoms with van der Waals surface area (Å²) in [5, 5.41) is 10.2. The lowest BCUT2D eigenvalue weighted by Gasteiger charge is -2.34. The molecule has 0 aliphatic carbocycles. The molecule has 1 aromatic heterocycles. The third-order valence-corrected chi connectivity index (χ3v) is 2.57. The van der Waals surface area contributed by atoms with E-state index in [2.05, 4.69) is 20.8 Å². The quantitative estimate of drug-likeness (QED) is 0.839. The van der Waals surface area contributed by atoms with E-state index in [0.29, 0.717) is 13.0 Å². The average Bonchev–Trinajstić information content (AvgIpc) is 2.64. The zero-order chi connectivity index (χ0) is 12.2. The first-order valence-corrected chi connectivity index (χ1v) is 5.76. The number of hydrogen-bond donors (Lipinski definition) is 1. The van der Waals surface area contributed by atoms with E-state index in [1.54, 1.807) is 12.5 Å². The number of hydrogen-bond acceptors (Lipinski definition) is 3. The van der Waals surface area contributed by atoms with Crippen LogP contribution in [0, 0.1) is 5.41 Å². The molecule has 0 fully saturated rings. The lowest BCUT2D eigenvalue weighted by Crippen LogP contribution is -2.41. The van der Waals surface area contributed by atoms with Gasteiger partial charge in [-0.15, -0.1) is 0 Å². The molecule has 3 nitrogen and oxygen atoms in total. The van der Waals surface area contributed by atoms with Gasteiger partial charge in [-0.3, -0.25) is 0 Å². The Bertz CT molecular complexity index is 285. The smallest absolute Gasteiger partial charge is 0.0935 e. The van der Waals surface area contributed by atoms with Crippen molar-refractivity contribution < 1.29 is 14.3 Å². The summed E-state index contributed by atoms with van der Waals surface area (Å²) in [6.07, 6.45) is 3.19. The summed E-state index contributed by atoms with van der Waals surface area (Å²) in [4.78, 5) is 0. The second-order valence-electron chi connectivity index (χ2n) is 5.15. The van der Waals surface area contributed by atoms with E-state index in [4.69, 9.17) is 9.15 Å². The van der Waals surface area contributed by atoms with Crippen LogP contribution in [0.15, 0.2) is 23.0 Å². The second-order valence-corrected chi connectivity index (χ2v) is 5.15. The van der Waals surface area contributed by atoms with E-state index in [0.717, 1.165) is 5.56 Å². The van der Waals surface area contributed by atoms with Gasteiger partial charge in [0.1, 0.15) is 0 Å². The molecule has 1 N–H and O–H groups in total. The molecular weight excluding hydrogens is 204 g/mol. The van der Waals surface area contributed by atoms with E-state index in [1.807, 2.05) is 13.0 Å². The molecule has 0 spiro atoms. The summed E-state index contributed by atoms with van der Waals surface area (Å²) >= 11 is 0. The first-order valence-electron chi connectivity index (χ1n) is 5.76. The molecule has 3 heteroatoms. The van der Waals surface area contributed by atoms with E-state index in [9.17, 15) is 5.11 Å². The molecular formula is C13H22O3. The van der Waals surface area contributed by atoms with Gasteiger partial charge in [0.05, 0.1) is 24.7 Å². The minimum absolute atomic E-state index is 0.0703. The zero-order valence-corrected chi connectivity index (χ0v) is 10.6. The first-order chi connectivity index (χ1) is 7.45. The van der Waals surface area contributed by atoms with Crippen molar-refractivity contribution in [2.24, 2.45) is 5.41 Å². The molecule has 0 aliphatic heterocycles. The first kappa shape index (κ1) is 13.3. The average molecular weight is 226 g/mol. The molecule has 2 unspecified atom stereocenters. The fraction of sp³-hybridized carbons (Fsp3) is 0.692. The van der Waals surface area contributed by atoms with Gasteiger partial charge in [0, 0.05) is 13.0 Å². The molecule has 0 aromatic carbocycles. The Hall–Kier alpha value is -0.800. The highest BCUT2D eigenvalue weighted by Gasteiger charge is 2.31. The number of aliphatic hydroxyl groups excluding tert-OH is 1. The molecule has 0 amide bonds. The molecule has 0 aliphatic rings. The maximum absolute atomic E-state index is 10.2. The zero-order valence-electron chi connectivity index (χ0n) is 10.6. The van der Waals surface area contributed by atoms with Crippen molar-refractivity contribution in [2.75, 3.05) is 6.61 Å². The van der Waals surface area contributed by atoms with Gasteiger partial charge in [-0.2, -0.15) is 0 Å². The summed E-state index contributed by atoms with van der Waals surface area (Å²) < 4.78 is 10.6. The largest absolute Gasteiger partial charge is 0.472 e. The summed E-state index contributed by atoms with van der Waals surface area (Å²) in [5.74, 6) is 0. The van der Waals surface area contributed by atoms with Gasteiger partial charge in [-0.1, -0.05) is 20.8 Å². The van der Waals surface area contributed by atoms with Crippen molar-refractivity contribution in [3.05, 3.63) is 24.2 Å². The van der Waals surface area contributed by atoms with E-state index < -0.39 is 6.10 Å². The molecule has 0 bridgehead atoms. The van der Waals surface area contributed by atoms with Crippen LogP contribution in [0.4, 0.5) is 0 Å². The second kappa shape index (κ2) is 5.51. The van der Waals surface area contributed by atoms with Crippen molar-refractivity contribution in [3.8, 4) is 0 Å². The Labute approximate surface area is 97.4 Å². The molecule has 0 saturated heterocycles. The van der Waals surface area contributed by atoms with Crippen LogP contribution in [0.3, 0.4) is 0 Å². The Morgan fingerprint density at radius 1 is 1.44 bits per heavy atom. The maximum atomic E-state index is 10.2. The Morgan fingerprint density at radius 3 is 2.56 bits per heavy atom. The Morgan fingerprint density at radius 2 is 2.12 bits per heavy atom. The highest BCUT2D eigenvalue weighted by atomic mass is 16.5. The van der Waals surface area contributed by atoms with Gasteiger partial charge in [0.25, 0.3) is 0 Å². The summed E-state index contributed by atoms with van der Waals surface area (Å²) in [7, 11) is 0. The fourth-order valence-electron chi connectivity index (χ4n) is 1.88. The van der Waals surface area contributed by atoms with Crippen LogP contribution in [-0.4, -0.2) is 23.9 Å². The summed E-state index contributed by atoms with van der Waals surface area (Å²) in [5.41, 5.74) is 0.931. The normalized spacial score (nSPS) is 16.1. The topological polar surface area (TPSA) is 42.6 Å². The highest BCUT2D eigenvalue weighted by molar-refractivity contribution is 5.07. The van der Waals surface area contributed by atoms with Crippen LogP contribution in [0.25, 0.3) is 0 Å². The van der Waals surface area contributed by atoms with Gasteiger partial charge >= 0.3 is 0 Å². The Balaban J connectivity index is 2.64. The van der Waals surface area contributed by atoms with E-state index in [1.165, 1.54) is 0 Å². The molecule has 0 saturated carbocycles. The summed E-state index contributed by atoms with van der Waals surface area (Å²) in [6, 6.07) is 1.87. The van der Waals surface area contributed by atoms with Crippen molar-refractivity contribution in [1.82, 2.24) is 0 Å². The van der Waals surface area contributed by atoms with Crippen LogP contribution in [-0.2, 0) is 11.2 Å². The van der Waals surface area contributed by atoms with Gasteiger partial charge in [-0.25, -0.2) is 0 Å². The number of rotatable bonds is 5. The van der Waals surface area contributed by atoms with Crippen molar-refractivity contribution >= 4 is 0 Å². The van der Waals surface area contributed by atoms with Gasteiger partial charge < -0.3 is 14.3 Å². The van der Waals surface area contributed by atoms with Crippen LogP contribution >= 0.6 is 0 Å². The molecule has 16 heavy (non-hydrogen) atoms. The fourth-order valence-corrected chi connectivity index (χ4v) is 1.88. The number of furan rings is 1. The predicted octanol–water partition coefficient (Wildman–Crippen LogP) is 2.63. The standard InChI is InChI=1S/C13H22O3/c1-5-16-12(13(2,3)4)11(14)8-10-6-7-15-9-10/h6-7,9,11-12,14H,5,8H2,1-4H3.